The van der Waals surface area contributed by atoms with Crippen LogP contribution in [0.25, 0.3) is 0 Å². The first-order valence-electron chi connectivity index (χ1n) is 9.67. The van der Waals surface area contributed by atoms with Crippen molar-refractivity contribution in [2.75, 3.05) is 25.4 Å². The molecule has 150 valence electrons. The van der Waals surface area contributed by atoms with Crippen LogP contribution in [0.15, 0.2) is 30.5 Å². The van der Waals surface area contributed by atoms with Crippen molar-refractivity contribution in [1.82, 2.24) is 19.2 Å². The second-order valence-electron chi connectivity index (χ2n) is 7.78. The average Bonchev–Trinajstić information content (AvgIpc) is 3.36. The molecule has 0 bridgehead atoms. The summed E-state index contributed by atoms with van der Waals surface area (Å²) in [7, 11) is -3.23. The number of sulfonamides is 1. The van der Waals surface area contributed by atoms with Crippen LogP contribution in [0.5, 0.6) is 0 Å². The molecule has 4 rings (SSSR count). The lowest BCUT2D eigenvalue weighted by Gasteiger charge is -2.30. The number of carbonyl (C=O) groups excluding carboxylic acids is 1. The Morgan fingerprint density at radius 3 is 2.61 bits per heavy atom. The highest BCUT2D eigenvalue weighted by atomic mass is 32.2. The molecule has 2 fully saturated rings. The quantitative estimate of drug-likeness (QED) is 0.849. The number of hydrogen-bond donors (Lipinski definition) is 1. The van der Waals surface area contributed by atoms with Gasteiger partial charge in [0.05, 0.1) is 18.0 Å². The number of aromatic amines is 1. The van der Waals surface area contributed by atoms with Crippen molar-refractivity contribution in [1.29, 1.82) is 0 Å². The predicted molar refractivity (Wildman–Crippen MR) is 106 cm³/mol. The van der Waals surface area contributed by atoms with Crippen LogP contribution in [0.3, 0.4) is 0 Å². The molecule has 2 aliphatic rings. The van der Waals surface area contributed by atoms with Gasteiger partial charge in [-0.15, -0.1) is 0 Å². The van der Waals surface area contributed by atoms with Gasteiger partial charge in [0.2, 0.25) is 10.0 Å². The fourth-order valence-corrected chi connectivity index (χ4v) is 5.81. The summed E-state index contributed by atoms with van der Waals surface area (Å²) in [4.78, 5) is 22.3. The molecular weight excluding hydrogens is 376 g/mol. The van der Waals surface area contributed by atoms with Crippen molar-refractivity contribution in [3.8, 4) is 0 Å². The van der Waals surface area contributed by atoms with E-state index in [1.807, 2.05) is 36.9 Å². The first kappa shape index (κ1) is 19.1. The van der Waals surface area contributed by atoms with Gasteiger partial charge in [-0.2, -0.15) is 0 Å². The molecule has 2 aromatic rings. The number of likely N-dealkylation sites (tertiary alicyclic amines) is 1. The standard InChI is InChI=1S/C20H26N4O3S/c1-4-28(26,27)23-10-15-11-24(20(25)18-9-21-14(3)22-18)19(17(15)12-23)16-8-6-5-7-13(16)2/h5-9,15,17,19H,4,10-12H2,1-3H3,(H,21,22)/t15-,17-,19+/m0/s1. The lowest BCUT2D eigenvalue weighted by atomic mass is 9.87. The van der Waals surface area contributed by atoms with E-state index in [-0.39, 0.29) is 29.5 Å². The smallest absolute Gasteiger partial charge is 0.272 e. The molecule has 2 aliphatic heterocycles. The molecule has 0 unspecified atom stereocenters. The topological polar surface area (TPSA) is 86.4 Å². The summed E-state index contributed by atoms with van der Waals surface area (Å²) in [6, 6.07) is 7.92. The van der Waals surface area contributed by atoms with Gasteiger partial charge in [0.25, 0.3) is 5.91 Å². The minimum Gasteiger partial charge on any atom is -0.338 e. The molecule has 0 spiro atoms. The van der Waals surface area contributed by atoms with E-state index in [1.54, 1.807) is 17.4 Å². The van der Waals surface area contributed by atoms with E-state index in [2.05, 4.69) is 16.0 Å². The first-order chi connectivity index (χ1) is 13.3. The lowest BCUT2D eigenvalue weighted by Crippen LogP contribution is -2.38. The third kappa shape index (κ3) is 3.14. The molecule has 28 heavy (non-hydrogen) atoms. The number of nitrogens with zero attached hydrogens (tertiary/aromatic N) is 3. The average molecular weight is 403 g/mol. The Kier molecular flexibility index (Phi) is 4.79. The number of amides is 1. The molecule has 7 nitrogen and oxygen atoms in total. The number of H-pyrrole nitrogens is 1. The fourth-order valence-electron chi connectivity index (χ4n) is 4.62. The van der Waals surface area contributed by atoms with E-state index in [9.17, 15) is 13.2 Å². The summed E-state index contributed by atoms with van der Waals surface area (Å²) in [5.74, 6) is 0.968. The normalized spacial score (nSPS) is 25.2. The van der Waals surface area contributed by atoms with Gasteiger partial charge in [0.1, 0.15) is 11.5 Å². The van der Waals surface area contributed by atoms with Crippen LogP contribution in [-0.4, -0.2) is 58.9 Å². The molecule has 8 heteroatoms. The first-order valence-corrected chi connectivity index (χ1v) is 11.3. The van der Waals surface area contributed by atoms with Gasteiger partial charge in [0.15, 0.2) is 0 Å². The third-order valence-electron chi connectivity index (χ3n) is 6.09. The number of hydrogen-bond acceptors (Lipinski definition) is 4. The van der Waals surface area contributed by atoms with Crippen molar-refractivity contribution in [2.24, 2.45) is 11.8 Å². The molecule has 0 saturated carbocycles. The number of fused-ring (bicyclic) bond motifs is 1. The zero-order valence-corrected chi connectivity index (χ0v) is 17.2. The molecule has 3 heterocycles. The Bertz CT molecular complexity index is 1000. The Morgan fingerprint density at radius 2 is 1.96 bits per heavy atom. The molecule has 3 atom stereocenters. The highest BCUT2D eigenvalue weighted by Crippen LogP contribution is 2.46. The highest BCUT2D eigenvalue weighted by Gasteiger charge is 2.51. The van der Waals surface area contributed by atoms with Gasteiger partial charge in [-0.3, -0.25) is 4.79 Å². The summed E-state index contributed by atoms with van der Waals surface area (Å²) >= 11 is 0. The van der Waals surface area contributed by atoms with E-state index in [0.29, 0.717) is 31.2 Å². The van der Waals surface area contributed by atoms with Crippen LogP contribution < -0.4 is 0 Å². The number of imidazole rings is 1. The van der Waals surface area contributed by atoms with Crippen LogP contribution >= 0.6 is 0 Å². The number of aryl methyl sites for hydroxylation is 2. The molecule has 1 N–H and O–H groups in total. The molecule has 0 radical (unpaired) electrons. The van der Waals surface area contributed by atoms with E-state index in [4.69, 9.17) is 0 Å². The van der Waals surface area contributed by atoms with Crippen molar-refractivity contribution in [2.45, 2.75) is 26.8 Å². The van der Waals surface area contributed by atoms with E-state index in [1.165, 1.54) is 0 Å². The number of benzene rings is 1. The maximum absolute atomic E-state index is 13.2. The lowest BCUT2D eigenvalue weighted by molar-refractivity contribution is 0.0703. The third-order valence-corrected chi connectivity index (χ3v) is 7.90. The Balaban J connectivity index is 1.71. The second-order valence-corrected chi connectivity index (χ2v) is 10.0. The SMILES string of the molecule is CCS(=O)(=O)N1C[C@H]2CN(C(=O)c3cnc(C)[nH]3)[C@H](c3ccccc3C)[C@H]2C1. The summed E-state index contributed by atoms with van der Waals surface area (Å²) in [6.07, 6.45) is 1.58. The summed E-state index contributed by atoms with van der Waals surface area (Å²) in [6.45, 7) is 7.04. The maximum Gasteiger partial charge on any atom is 0.272 e. The Hall–Kier alpha value is -2.19. The fraction of sp³-hybridized carbons (Fsp3) is 0.500. The summed E-state index contributed by atoms with van der Waals surface area (Å²) in [5, 5.41) is 0. The largest absolute Gasteiger partial charge is 0.338 e. The van der Waals surface area contributed by atoms with Crippen molar-refractivity contribution < 1.29 is 13.2 Å². The monoisotopic (exact) mass is 402 g/mol. The van der Waals surface area contributed by atoms with Gasteiger partial charge in [-0.25, -0.2) is 17.7 Å². The molecule has 1 aromatic heterocycles. The summed E-state index contributed by atoms with van der Waals surface area (Å²) < 4.78 is 26.4. The van der Waals surface area contributed by atoms with Gasteiger partial charge in [-0.05, 0) is 37.8 Å². The van der Waals surface area contributed by atoms with Crippen molar-refractivity contribution in [3.05, 3.63) is 53.1 Å². The zero-order chi connectivity index (χ0) is 20.1. The number of rotatable bonds is 4. The number of carbonyl (C=O) groups is 1. The highest BCUT2D eigenvalue weighted by molar-refractivity contribution is 7.89. The maximum atomic E-state index is 13.2. The minimum atomic E-state index is -3.23. The van der Waals surface area contributed by atoms with Gasteiger partial charge < -0.3 is 9.88 Å². The van der Waals surface area contributed by atoms with Gasteiger partial charge in [-0.1, -0.05) is 24.3 Å². The minimum absolute atomic E-state index is 0.0758. The van der Waals surface area contributed by atoms with Crippen LogP contribution in [0.1, 0.15) is 40.4 Å². The molecule has 2 saturated heterocycles. The van der Waals surface area contributed by atoms with E-state index >= 15 is 0 Å². The van der Waals surface area contributed by atoms with Crippen LogP contribution in [0.4, 0.5) is 0 Å². The zero-order valence-electron chi connectivity index (χ0n) is 16.4. The van der Waals surface area contributed by atoms with Crippen molar-refractivity contribution >= 4 is 15.9 Å². The summed E-state index contributed by atoms with van der Waals surface area (Å²) in [5.41, 5.74) is 2.69. The second kappa shape index (κ2) is 7.00. The van der Waals surface area contributed by atoms with Crippen LogP contribution in [0, 0.1) is 25.7 Å². The Labute approximate surface area is 165 Å². The Morgan fingerprint density at radius 1 is 1.21 bits per heavy atom. The van der Waals surface area contributed by atoms with E-state index in [0.717, 1.165) is 11.1 Å². The molecule has 0 aliphatic carbocycles. The molecule has 1 amide bonds. The number of nitrogens with one attached hydrogen (secondary N) is 1. The predicted octanol–water partition coefficient (Wildman–Crippen LogP) is 2.12. The molecular formula is C20H26N4O3S. The van der Waals surface area contributed by atoms with Gasteiger partial charge >= 0.3 is 0 Å². The molecule has 1 aromatic carbocycles. The van der Waals surface area contributed by atoms with Crippen LogP contribution in [0.2, 0.25) is 0 Å². The number of aromatic nitrogens is 2. The van der Waals surface area contributed by atoms with Crippen molar-refractivity contribution in [3.63, 3.8) is 0 Å². The van der Waals surface area contributed by atoms with E-state index < -0.39 is 10.0 Å². The van der Waals surface area contributed by atoms with Crippen LogP contribution in [-0.2, 0) is 10.0 Å². The van der Waals surface area contributed by atoms with Gasteiger partial charge in [0, 0.05) is 25.6 Å².